The first-order chi connectivity index (χ1) is 28.8. The van der Waals surface area contributed by atoms with Crippen LogP contribution in [0.4, 0.5) is 0 Å². The van der Waals surface area contributed by atoms with Gasteiger partial charge in [0, 0.05) is 6.07 Å². The van der Waals surface area contributed by atoms with E-state index in [0.717, 1.165) is 38.5 Å². The van der Waals surface area contributed by atoms with Crippen LogP contribution < -0.4 is 14.6 Å². The molecule has 4 aromatic rings. The molecule has 61 heavy (non-hydrogen) atoms. The van der Waals surface area contributed by atoms with Crippen LogP contribution in [-0.2, 0) is 33.1 Å². The van der Waals surface area contributed by atoms with Gasteiger partial charge in [0.05, 0.1) is 9.79 Å². The molecule has 10 nitrogen and oxygen atoms in total. The summed E-state index contributed by atoms with van der Waals surface area (Å²) in [6.07, 6.45) is 24.9. The summed E-state index contributed by atoms with van der Waals surface area (Å²) in [5.74, 6) is 1.64. The second-order valence-electron chi connectivity index (χ2n) is 15.5. The van der Waals surface area contributed by atoms with E-state index in [1.165, 1.54) is 132 Å². The molecule has 0 saturated carbocycles. The minimum absolute atomic E-state index is 0. The molecule has 0 fully saturated rings. The van der Waals surface area contributed by atoms with Crippen LogP contribution in [0.1, 0.15) is 153 Å². The molecule has 0 amide bonds. The summed E-state index contributed by atoms with van der Waals surface area (Å²) in [5, 5.41) is 21.0. The fourth-order valence-electron chi connectivity index (χ4n) is 7.09. The number of benzene rings is 4. The Labute approximate surface area is 396 Å². The summed E-state index contributed by atoms with van der Waals surface area (Å²) in [7, 11) is -8.84. The van der Waals surface area contributed by atoms with Crippen molar-refractivity contribution in [2.45, 2.75) is 165 Å². The third-order valence-electron chi connectivity index (χ3n) is 10.3. The van der Waals surface area contributed by atoms with Crippen molar-refractivity contribution in [1.82, 2.24) is 0 Å². The third-order valence-corrected chi connectivity index (χ3v) is 12.2. The van der Waals surface area contributed by atoms with Crippen molar-refractivity contribution >= 4 is 58.0 Å². The molecule has 0 aliphatic heterocycles. The van der Waals surface area contributed by atoms with Gasteiger partial charge in [-0.05, 0) is 97.5 Å². The van der Waals surface area contributed by atoms with Crippen molar-refractivity contribution in [2.75, 3.05) is 0 Å². The number of hydrogen-bond donors (Lipinski definition) is 2. The summed E-state index contributed by atoms with van der Waals surface area (Å²) in [6.45, 7) is 4.44. The molecule has 332 valence electrons. The average molecular weight is 907 g/mol. The second-order valence-corrected chi connectivity index (χ2v) is 18.2. The first-order valence-electron chi connectivity index (χ1n) is 21.9. The van der Waals surface area contributed by atoms with Gasteiger partial charge in [-0.25, -0.2) is 8.42 Å². The molecule has 0 heterocycles. The summed E-state index contributed by atoms with van der Waals surface area (Å²) >= 11 is 0. The molecule has 0 unspecified atom stereocenters. The zero-order chi connectivity index (χ0) is 43.6. The van der Waals surface area contributed by atoms with Gasteiger partial charge in [-0.1, -0.05) is 148 Å². The number of aryl methyl sites for hydroxylation is 2. The van der Waals surface area contributed by atoms with Crippen molar-refractivity contribution < 1.29 is 45.6 Å². The smallest absolute Gasteiger partial charge is 0.872 e. The Morgan fingerprint density at radius 2 is 0.869 bits per heavy atom. The Bertz CT molecular complexity index is 1910. The fraction of sp³-hybridized carbons (Fsp3) is 0.500. The van der Waals surface area contributed by atoms with E-state index in [4.69, 9.17) is 9.47 Å². The van der Waals surface area contributed by atoms with E-state index in [-0.39, 0.29) is 59.0 Å². The molecular formula is C48H66CaO10S2. The first-order valence-corrected chi connectivity index (χ1v) is 24.8. The van der Waals surface area contributed by atoms with Gasteiger partial charge in [-0.3, -0.25) is 4.55 Å². The number of ether oxygens (including phenoxy) is 2. The Morgan fingerprint density at radius 1 is 0.492 bits per heavy atom. The number of unbranched alkanes of at least 4 members (excludes halogenated alkanes) is 18. The predicted molar refractivity (Wildman–Crippen MR) is 242 cm³/mol. The Morgan fingerprint density at radius 3 is 1.28 bits per heavy atom. The number of phenols is 1. The van der Waals surface area contributed by atoms with Gasteiger partial charge >= 0.3 is 37.7 Å². The van der Waals surface area contributed by atoms with Crippen molar-refractivity contribution in [3.63, 3.8) is 0 Å². The van der Waals surface area contributed by atoms with Crippen LogP contribution in [0.15, 0.2) is 94.7 Å². The molecule has 4 rings (SSSR count). The largest absolute Gasteiger partial charge is 2.00 e. The topological polar surface area (TPSA) is 173 Å². The van der Waals surface area contributed by atoms with Gasteiger partial charge in [0.2, 0.25) is 0 Å². The van der Waals surface area contributed by atoms with Gasteiger partial charge < -0.3 is 24.2 Å². The monoisotopic (exact) mass is 906 g/mol. The minimum atomic E-state index is -4.55. The van der Waals surface area contributed by atoms with E-state index >= 15 is 0 Å². The molecule has 4 aromatic carbocycles. The predicted octanol–water partition coefficient (Wildman–Crippen LogP) is 12.4. The maximum absolute atomic E-state index is 11.7. The van der Waals surface area contributed by atoms with Crippen molar-refractivity contribution in [3.8, 4) is 34.5 Å². The minimum Gasteiger partial charge on any atom is -0.872 e. The molecule has 0 spiro atoms. The summed E-state index contributed by atoms with van der Waals surface area (Å²) in [4.78, 5) is -0.259. The van der Waals surface area contributed by atoms with Crippen LogP contribution in [0, 0.1) is 0 Å². The SMILES string of the molecule is CCCCCCCCCCCCc1cc(Oc2cccc(O)c2)ccc1S(=O)(=O)O.CCCCCCCCCCCCc1cc(Oc2cccc([O-])c2)ccc1S(=O)(=O)[O-].[Ca+2]. The van der Waals surface area contributed by atoms with Crippen LogP contribution in [0.5, 0.6) is 34.5 Å². The van der Waals surface area contributed by atoms with E-state index in [9.17, 15) is 36.2 Å². The second kappa shape index (κ2) is 30.3. The van der Waals surface area contributed by atoms with Crippen molar-refractivity contribution in [3.05, 3.63) is 96.1 Å². The number of rotatable bonds is 28. The number of hydrogen-bond acceptors (Lipinski definition) is 9. The molecular weight excluding hydrogens is 841 g/mol. The van der Waals surface area contributed by atoms with Crippen LogP contribution in [0.3, 0.4) is 0 Å². The van der Waals surface area contributed by atoms with Crippen LogP contribution in [0.2, 0.25) is 0 Å². The van der Waals surface area contributed by atoms with E-state index in [1.54, 1.807) is 42.5 Å². The zero-order valence-corrected chi connectivity index (χ0v) is 40.2. The summed E-state index contributed by atoms with van der Waals surface area (Å²) in [6, 6.07) is 21.3. The molecule has 0 atom stereocenters. The van der Waals surface area contributed by atoms with Crippen LogP contribution in [-0.4, -0.2) is 68.8 Å². The molecule has 2 N–H and O–H groups in total. The molecule has 0 aliphatic rings. The van der Waals surface area contributed by atoms with E-state index in [0.29, 0.717) is 47.0 Å². The Balaban J connectivity index is 0.000000413. The summed E-state index contributed by atoms with van der Waals surface area (Å²) < 4.78 is 79.2. The standard InChI is InChI=1S/2C24H34O5S.Ca/c2*1-2-3-4-5-6-7-8-9-10-11-13-20-18-23(16-17-24(20)30(26,27)28)29-22-15-12-14-21(25)19-22;/h2*12,14-19,25H,2-11,13H2,1H3,(H,26,27,28);/q;;+2/p-2. The average Bonchev–Trinajstić information content (AvgIpc) is 3.19. The zero-order valence-electron chi connectivity index (χ0n) is 36.3. The first kappa shape index (κ1) is 54.3. The maximum Gasteiger partial charge on any atom is 2.00 e. The van der Waals surface area contributed by atoms with Crippen LogP contribution >= 0.6 is 0 Å². The van der Waals surface area contributed by atoms with Gasteiger partial charge in [-0.2, -0.15) is 8.42 Å². The van der Waals surface area contributed by atoms with Gasteiger partial charge in [-0.15, -0.1) is 5.75 Å². The van der Waals surface area contributed by atoms with Crippen molar-refractivity contribution in [1.29, 1.82) is 0 Å². The van der Waals surface area contributed by atoms with Gasteiger partial charge in [0.15, 0.2) is 0 Å². The normalized spacial score (nSPS) is 11.3. The number of phenolic OH excluding ortho intramolecular Hbond substituents is 1. The van der Waals surface area contributed by atoms with Crippen molar-refractivity contribution in [2.24, 2.45) is 0 Å². The maximum atomic E-state index is 11.7. The molecule has 13 heteroatoms. The number of aromatic hydroxyl groups is 1. The van der Waals surface area contributed by atoms with E-state index in [2.05, 4.69) is 13.8 Å². The quantitative estimate of drug-likeness (QED) is 0.0317. The van der Waals surface area contributed by atoms with E-state index in [1.807, 2.05) is 0 Å². The van der Waals surface area contributed by atoms with Gasteiger partial charge in [0.1, 0.15) is 38.9 Å². The van der Waals surface area contributed by atoms with E-state index < -0.39 is 20.2 Å². The molecule has 0 radical (unpaired) electrons. The van der Waals surface area contributed by atoms with Gasteiger partial charge in [0.25, 0.3) is 10.1 Å². The molecule has 0 aliphatic carbocycles. The Kier molecular flexibility index (Phi) is 27.0. The summed E-state index contributed by atoms with van der Waals surface area (Å²) in [5.41, 5.74) is 1.02. The fourth-order valence-corrected chi connectivity index (χ4v) is 8.54. The van der Waals surface area contributed by atoms with Crippen LogP contribution in [0.25, 0.3) is 0 Å². The Hall–Kier alpha value is -2.84. The molecule has 0 bridgehead atoms. The molecule has 0 aromatic heterocycles. The third kappa shape index (κ3) is 22.9. The molecule has 0 saturated heterocycles.